The molecule has 0 saturated carbocycles. The molecule has 6 nitrogen and oxygen atoms in total. The fourth-order valence-corrected chi connectivity index (χ4v) is 2.78. The smallest absolute Gasteiger partial charge is 0.410 e. The second kappa shape index (κ2) is 8.48. The van der Waals surface area contributed by atoms with Gasteiger partial charge in [-0.15, -0.1) is 0 Å². The number of likely N-dealkylation sites (tertiary alicyclic amines) is 1. The number of nitrogens with zero attached hydrogens (tertiary/aromatic N) is 2. The number of hydrogen-bond donors (Lipinski definition) is 1. The van der Waals surface area contributed by atoms with Crippen LogP contribution in [0.3, 0.4) is 0 Å². The number of aliphatic hydroxyl groups excluding tert-OH is 1. The Morgan fingerprint density at radius 3 is 2.68 bits per heavy atom. The zero-order valence-electron chi connectivity index (χ0n) is 14.0. The van der Waals surface area contributed by atoms with Gasteiger partial charge in [-0.2, -0.15) is 0 Å². The SMILES string of the molecule is O=C(OCc1ccccc1)N1CCC(Oc2ccnc(CO)c2)CC1. The van der Waals surface area contributed by atoms with Gasteiger partial charge >= 0.3 is 6.09 Å². The number of ether oxygens (including phenoxy) is 2. The molecule has 1 aliphatic rings. The fourth-order valence-electron chi connectivity index (χ4n) is 2.78. The Morgan fingerprint density at radius 2 is 1.96 bits per heavy atom. The van der Waals surface area contributed by atoms with Crippen molar-refractivity contribution in [1.82, 2.24) is 9.88 Å². The van der Waals surface area contributed by atoms with Gasteiger partial charge in [0.15, 0.2) is 0 Å². The van der Waals surface area contributed by atoms with Gasteiger partial charge in [0.25, 0.3) is 0 Å². The topological polar surface area (TPSA) is 71.9 Å². The summed E-state index contributed by atoms with van der Waals surface area (Å²) in [6.45, 7) is 1.40. The van der Waals surface area contributed by atoms with Crippen LogP contribution in [0, 0.1) is 0 Å². The minimum absolute atomic E-state index is 0.0483. The van der Waals surface area contributed by atoms with Crippen molar-refractivity contribution in [2.75, 3.05) is 13.1 Å². The highest BCUT2D eigenvalue weighted by Gasteiger charge is 2.25. The number of hydrogen-bond acceptors (Lipinski definition) is 5. The van der Waals surface area contributed by atoms with E-state index in [0.29, 0.717) is 24.5 Å². The number of aliphatic hydroxyl groups is 1. The first-order valence-electron chi connectivity index (χ1n) is 8.42. The Bertz CT molecular complexity index is 685. The summed E-state index contributed by atoms with van der Waals surface area (Å²) in [4.78, 5) is 17.9. The van der Waals surface area contributed by atoms with Gasteiger partial charge in [0.2, 0.25) is 0 Å². The van der Waals surface area contributed by atoms with E-state index < -0.39 is 0 Å². The first-order chi connectivity index (χ1) is 12.2. The van der Waals surface area contributed by atoms with Crippen LogP contribution in [0.5, 0.6) is 5.75 Å². The van der Waals surface area contributed by atoms with Crippen molar-refractivity contribution in [2.45, 2.75) is 32.2 Å². The minimum atomic E-state index is -0.284. The van der Waals surface area contributed by atoms with Gasteiger partial charge in [-0.25, -0.2) is 4.79 Å². The van der Waals surface area contributed by atoms with E-state index in [1.54, 1.807) is 23.2 Å². The molecule has 1 aromatic carbocycles. The Kier molecular flexibility index (Phi) is 5.85. The summed E-state index contributed by atoms with van der Waals surface area (Å²) < 4.78 is 11.3. The Hall–Kier alpha value is -2.60. The molecule has 0 unspecified atom stereocenters. The van der Waals surface area contributed by atoms with Crippen molar-refractivity contribution in [3.05, 3.63) is 59.9 Å². The lowest BCUT2D eigenvalue weighted by molar-refractivity contribution is 0.0637. The highest BCUT2D eigenvalue weighted by molar-refractivity contribution is 5.67. The van der Waals surface area contributed by atoms with Crippen LogP contribution in [0.1, 0.15) is 24.1 Å². The van der Waals surface area contributed by atoms with Crippen molar-refractivity contribution in [2.24, 2.45) is 0 Å². The van der Waals surface area contributed by atoms with Crippen LogP contribution in [0.4, 0.5) is 4.79 Å². The molecule has 1 amide bonds. The molecule has 1 saturated heterocycles. The number of pyridine rings is 1. The zero-order chi connectivity index (χ0) is 17.5. The lowest BCUT2D eigenvalue weighted by Crippen LogP contribution is -2.42. The van der Waals surface area contributed by atoms with Crippen molar-refractivity contribution in [1.29, 1.82) is 0 Å². The molecule has 1 fully saturated rings. The van der Waals surface area contributed by atoms with Crippen molar-refractivity contribution in [3.63, 3.8) is 0 Å². The lowest BCUT2D eigenvalue weighted by atomic mass is 10.1. The molecule has 0 radical (unpaired) electrons. The maximum atomic E-state index is 12.1. The van der Waals surface area contributed by atoms with Crippen LogP contribution in [-0.4, -0.2) is 40.3 Å². The first-order valence-corrected chi connectivity index (χ1v) is 8.42. The predicted octanol–water partition coefficient (Wildman–Crippen LogP) is 2.75. The number of benzene rings is 1. The third kappa shape index (κ3) is 4.93. The lowest BCUT2D eigenvalue weighted by Gasteiger charge is -2.31. The van der Waals surface area contributed by atoms with E-state index in [2.05, 4.69) is 4.98 Å². The molecule has 1 aliphatic heterocycles. The average Bonchev–Trinajstić information content (AvgIpc) is 2.67. The molecule has 0 spiro atoms. The van der Waals surface area contributed by atoms with E-state index in [-0.39, 0.29) is 25.4 Å². The second-order valence-electron chi connectivity index (χ2n) is 5.99. The molecule has 3 rings (SSSR count). The maximum absolute atomic E-state index is 12.1. The number of carbonyl (C=O) groups excluding carboxylic acids is 1. The Balaban J connectivity index is 1.44. The number of aromatic nitrogens is 1. The number of rotatable bonds is 5. The van der Waals surface area contributed by atoms with Crippen LogP contribution < -0.4 is 4.74 Å². The molecule has 0 bridgehead atoms. The number of carbonyl (C=O) groups is 1. The van der Waals surface area contributed by atoms with E-state index in [1.807, 2.05) is 30.3 Å². The molecule has 25 heavy (non-hydrogen) atoms. The normalized spacial score (nSPS) is 15.0. The molecule has 132 valence electrons. The van der Waals surface area contributed by atoms with Crippen molar-refractivity contribution in [3.8, 4) is 5.75 Å². The van der Waals surface area contributed by atoms with Crippen LogP contribution in [0.2, 0.25) is 0 Å². The van der Waals surface area contributed by atoms with Crippen LogP contribution in [0.25, 0.3) is 0 Å². The van der Waals surface area contributed by atoms with Crippen molar-refractivity contribution < 1.29 is 19.4 Å². The number of piperidine rings is 1. The average molecular weight is 342 g/mol. The third-order valence-electron chi connectivity index (χ3n) is 4.16. The number of amides is 1. The molecule has 0 aliphatic carbocycles. The van der Waals surface area contributed by atoms with Gasteiger partial charge in [-0.3, -0.25) is 4.98 Å². The summed E-state index contributed by atoms with van der Waals surface area (Å²) in [7, 11) is 0. The molecule has 0 atom stereocenters. The van der Waals surface area contributed by atoms with E-state index in [0.717, 1.165) is 18.4 Å². The fraction of sp³-hybridized carbons (Fsp3) is 0.368. The molecular formula is C19H22N2O4. The van der Waals surface area contributed by atoms with E-state index >= 15 is 0 Å². The quantitative estimate of drug-likeness (QED) is 0.904. The summed E-state index contributed by atoms with van der Waals surface area (Å²) in [5.74, 6) is 0.698. The Labute approximate surface area is 147 Å². The summed E-state index contributed by atoms with van der Waals surface area (Å²) in [5.41, 5.74) is 1.56. The summed E-state index contributed by atoms with van der Waals surface area (Å²) in [5, 5.41) is 9.12. The van der Waals surface area contributed by atoms with Gasteiger partial charge in [0.1, 0.15) is 18.5 Å². The maximum Gasteiger partial charge on any atom is 0.410 e. The highest BCUT2D eigenvalue weighted by atomic mass is 16.6. The van der Waals surface area contributed by atoms with Crippen LogP contribution >= 0.6 is 0 Å². The summed E-state index contributed by atoms with van der Waals surface area (Å²) in [6.07, 6.45) is 2.88. The van der Waals surface area contributed by atoms with Gasteiger partial charge in [-0.05, 0) is 11.6 Å². The Morgan fingerprint density at radius 1 is 1.20 bits per heavy atom. The summed E-state index contributed by atoms with van der Waals surface area (Å²) >= 11 is 0. The molecule has 2 heterocycles. The second-order valence-corrected chi connectivity index (χ2v) is 5.99. The van der Waals surface area contributed by atoms with Crippen LogP contribution in [0.15, 0.2) is 48.7 Å². The van der Waals surface area contributed by atoms with Crippen molar-refractivity contribution >= 4 is 6.09 Å². The molecular weight excluding hydrogens is 320 g/mol. The molecule has 1 aromatic heterocycles. The van der Waals surface area contributed by atoms with Gasteiger partial charge in [-0.1, -0.05) is 30.3 Å². The largest absolute Gasteiger partial charge is 0.490 e. The molecule has 6 heteroatoms. The van der Waals surface area contributed by atoms with Gasteiger partial charge in [0.05, 0.1) is 12.3 Å². The first kappa shape index (κ1) is 17.2. The summed E-state index contributed by atoms with van der Waals surface area (Å²) in [6, 6.07) is 13.2. The molecule has 1 N–H and O–H groups in total. The van der Waals surface area contributed by atoms with E-state index in [4.69, 9.17) is 14.6 Å². The highest BCUT2D eigenvalue weighted by Crippen LogP contribution is 2.20. The van der Waals surface area contributed by atoms with Gasteiger partial charge < -0.3 is 19.5 Å². The third-order valence-corrected chi connectivity index (χ3v) is 4.16. The predicted molar refractivity (Wildman–Crippen MR) is 92.0 cm³/mol. The van der Waals surface area contributed by atoms with E-state index in [9.17, 15) is 4.79 Å². The van der Waals surface area contributed by atoms with Gasteiger partial charge in [0, 0.05) is 38.2 Å². The standard InChI is InChI=1S/C19H22N2O4/c22-13-16-12-18(6-9-20-16)25-17-7-10-21(11-8-17)19(23)24-14-15-4-2-1-3-5-15/h1-6,9,12,17,22H,7-8,10-11,13-14H2. The van der Waals surface area contributed by atoms with Crippen LogP contribution in [-0.2, 0) is 18.0 Å². The van der Waals surface area contributed by atoms with E-state index in [1.165, 1.54) is 0 Å². The monoisotopic (exact) mass is 342 g/mol. The zero-order valence-corrected chi connectivity index (χ0v) is 14.0. The molecule has 2 aromatic rings. The minimum Gasteiger partial charge on any atom is -0.490 e.